The predicted molar refractivity (Wildman–Crippen MR) is 57.7 cm³/mol. The molecule has 0 aliphatic rings. The van der Waals surface area contributed by atoms with Crippen LogP contribution in [0.4, 0.5) is 0 Å². The maximum atomic E-state index is 11.5. The van der Waals surface area contributed by atoms with E-state index in [9.17, 15) is 13.2 Å². The number of carboxylic acids is 1. The zero-order chi connectivity index (χ0) is 12.5. The molecule has 0 saturated heterocycles. The standard InChI is InChI=1S/C8H9ClN2O4S/c1-4-6(8(12)13)2-5(9)3-7(4)16(14,15)11-10/h2-3,11H,10H2,1H3,(H,12,13). The summed E-state index contributed by atoms with van der Waals surface area (Å²) in [6, 6.07) is 2.31. The van der Waals surface area contributed by atoms with Gasteiger partial charge in [0.15, 0.2) is 0 Å². The third-order valence-corrected chi connectivity index (χ3v) is 3.53. The minimum Gasteiger partial charge on any atom is -0.478 e. The fraction of sp³-hybridized carbons (Fsp3) is 0.125. The maximum absolute atomic E-state index is 11.5. The highest BCUT2D eigenvalue weighted by Crippen LogP contribution is 2.24. The fourth-order valence-corrected chi connectivity index (χ4v) is 2.42. The second-order valence-electron chi connectivity index (χ2n) is 3.00. The Bertz CT molecular complexity index is 541. The zero-order valence-electron chi connectivity index (χ0n) is 8.19. The minimum absolute atomic E-state index is 0.0109. The van der Waals surface area contributed by atoms with Crippen molar-refractivity contribution in [2.24, 2.45) is 5.84 Å². The van der Waals surface area contributed by atoms with Gasteiger partial charge in [0, 0.05) is 5.02 Å². The summed E-state index contributed by atoms with van der Waals surface area (Å²) in [5.74, 6) is 3.60. The molecule has 0 bridgehead atoms. The molecule has 16 heavy (non-hydrogen) atoms. The molecule has 0 radical (unpaired) electrons. The lowest BCUT2D eigenvalue weighted by molar-refractivity contribution is 0.0696. The summed E-state index contributed by atoms with van der Waals surface area (Å²) in [5, 5.41) is 8.86. The van der Waals surface area contributed by atoms with E-state index in [1.54, 1.807) is 4.83 Å². The van der Waals surface area contributed by atoms with Crippen molar-refractivity contribution in [3.8, 4) is 0 Å². The summed E-state index contributed by atoms with van der Waals surface area (Å²) in [6.45, 7) is 1.37. The van der Waals surface area contributed by atoms with Gasteiger partial charge in [-0.15, -0.1) is 0 Å². The average molecular weight is 265 g/mol. The third-order valence-electron chi connectivity index (χ3n) is 2.00. The number of sulfonamides is 1. The van der Waals surface area contributed by atoms with E-state index in [1.165, 1.54) is 13.0 Å². The molecule has 0 spiro atoms. The summed E-state index contributed by atoms with van der Waals surface area (Å²) in [4.78, 5) is 12.2. The van der Waals surface area contributed by atoms with E-state index in [1.807, 2.05) is 0 Å². The van der Waals surface area contributed by atoms with Crippen LogP contribution in [0.15, 0.2) is 17.0 Å². The molecule has 0 aromatic heterocycles. The Morgan fingerprint density at radius 1 is 1.50 bits per heavy atom. The molecule has 0 aliphatic heterocycles. The van der Waals surface area contributed by atoms with E-state index in [0.29, 0.717) is 0 Å². The van der Waals surface area contributed by atoms with E-state index in [-0.39, 0.29) is 21.0 Å². The molecule has 0 unspecified atom stereocenters. The Morgan fingerprint density at radius 3 is 2.50 bits per heavy atom. The topological polar surface area (TPSA) is 109 Å². The molecule has 1 rings (SSSR count). The smallest absolute Gasteiger partial charge is 0.336 e. The van der Waals surface area contributed by atoms with Crippen LogP contribution in [0.2, 0.25) is 5.02 Å². The number of rotatable bonds is 3. The first kappa shape index (κ1) is 12.9. The van der Waals surface area contributed by atoms with Crippen molar-refractivity contribution in [3.05, 3.63) is 28.3 Å². The number of carboxylic acid groups (broad SMARTS) is 1. The van der Waals surface area contributed by atoms with Crippen molar-refractivity contribution in [3.63, 3.8) is 0 Å². The first-order valence-electron chi connectivity index (χ1n) is 4.05. The molecule has 4 N–H and O–H groups in total. The molecule has 0 saturated carbocycles. The highest BCUT2D eigenvalue weighted by Gasteiger charge is 2.20. The largest absolute Gasteiger partial charge is 0.478 e. The van der Waals surface area contributed by atoms with Gasteiger partial charge in [0.25, 0.3) is 10.0 Å². The minimum atomic E-state index is -3.93. The van der Waals surface area contributed by atoms with Crippen LogP contribution in [0, 0.1) is 6.92 Å². The molecule has 0 heterocycles. The first-order valence-corrected chi connectivity index (χ1v) is 5.91. The van der Waals surface area contributed by atoms with Crippen molar-refractivity contribution in [1.29, 1.82) is 0 Å². The summed E-state index contributed by atoms with van der Waals surface area (Å²) in [5.41, 5.74) is -0.101. The average Bonchev–Trinajstić information content (AvgIpc) is 2.20. The van der Waals surface area contributed by atoms with E-state index < -0.39 is 16.0 Å². The summed E-state index contributed by atoms with van der Waals surface area (Å²) in [7, 11) is -3.93. The number of aromatic carboxylic acids is 1. The van der Waals surface area contributed by atoms with Crippen LogP contribution in [0.5, 0.6) is 0 Å². The quantitative estimate of drug-likeness (QED) is 0.544. The summed E-state index contributed by atoms with van der Waals surface area (Å²) < 4.78 is 22.9. The Hall–Kier alpha value is -1.15. The van der Waals surface area contributed by atoms with Crippen molar-refractivity contribution < 1.29 is 18.3 Å². The van der Waals surface area contributed by atoms with Crippen molar-refractivity contribution in [2.45, 2.75) is 11.8 Å². The van der Waals surface area contributed by atoms with E-state index in [4.69, 9.17) is 22.6 Å². The molecule has 8 heteroatoms. The van der Waals surface area contributed by atoms with Gasteiger partial charge in [-0.05, 0) is 24.6 Å². The van der Waals surface area contributed by atoms with E-state index >= 15 is 0 Å². The third kappa shape index (κ3) is 2.33. The SMILES string of the molecule is Cc1c(C(=O)O)cc(Cl)cc1S(=O)(=O)NN. The monoisotopic (exact) mass is 264 g/mol. The Kier molecular flexibility index (Phi) is 3.54. The van der Waals surface area contributed by atoms with Crippen molar-refractivity contribution in [2.75, 3.05) is 0 Å². The van der Waals surface area contributed by atoms with Crippen LogP contribution < -0.4 is 10.7 Å². The second-order valence-corrected chi connectivity index (χ2v) is 5.12. The van der Waals surface area contributed by atoms with Gasteiger partial charge in [0.1, 0.15) is 0 Å². The lowest BCUT2D eigenvalue weighted by Gasteiger charge is -2.09. The summed E-state index contributed by atoms with van der Waals surface area (Å²) in [6.07, 6.45) is 0. The van der Waals surface area contributed by atoms with Gasteiger partial charge < -0.3 is 5.11 Å². The molecular weight excluding hydrogens is 256 g/mol. The van der Waals surface area contributed by atoms with Gasteiger partial charge in [0.05, 0.1) is 10.5 Å². The Labute approximate surface area is 97.0 Å². The fourth-order valence-electron chi connectivity index (χ4n) is 1.22. The zero-order valence-corrected chi connectivity index (χ0v) is 9.76. The number of halogens is 1. The molecule has 0 fully saturated rings. The van der Waals surface area contributed by atoms with Crippen LogP contribution >= 0.6 is 11.6 Å². The first-order chi connectivity index (χ1) is 7.29. The van der Waals surface area contributed by atoms with Crippen LogP contribution in [-0.2, 0) is 10.0 Å². The molecular formula is C8H9ClN2O4S. The van der Waals surface area contributed by atoms with Crippen molar-refractivity contribution >= 4 is 27.6 Å². The molecule has 1 aromatic rings. The van der Waals surface area contributed by atoms with Gasteiger partial charge >= 0.3 is 5.97 Å². The molecule has 6 nitrogen and oxygen atoms in total. The molecule has 0 atom stereocenters. The molecule has 88 valence electrons. The van der Waals surface area contributed by atoms with Gasteiger partial charge in [-0.1, -0.05) is 11.6 Å². The van der Waals surface area contributed by atoms with Gasteiger partial charge in [0.2, 0.25) is 0 Å². The summed E-state index contributed by atoms with van der Waals surface area (Å²) >= 11 is 5.63. The highest BCUT2D eigenvalue weighted by atomic mass is 35.5. The molecule has 0 aliphatic carbocycles. The lowest BCUT2D eigenvalue weighted by atomic mass is 10.1. The number of nitrogens with one attached hydrogen (secondary N) is 1. The lowest BCUT2D eigenvalue weighted by Crippen LogP contribution is -2.31. The van der Waals surface area contributed by atoms with Crippen LogP contribution in [0.1, 0.15) is 15.9 Å². The second kappa shape index (κ2) is 4.38. The van der Waals surface area contributed by atoms with Gasteiger partial charge in [-0.3, -0.25) is 5.84 Å². The Morgan fingerprint density at radius 2 is 2.06 bits per heavy atom. The van der Waals surface area contributed by atoms with E-state index in [0.717, 1.165) is 6.07 Å². The van der Waals surface area contributed by atoms with Crippen LogP contribution in [-0.4, -0.2) is 19.5 Å². The van der Waals surface area contributed by atoms with Gasteiger partial charge in [-0.25, -0.2) is 13.2 Å². The number of hydrazine groups is 1. The molecule has 1 aromatic carbocycles. The predicted octanol–water partition coefficient (Wildman–Crippen LogP) is 0.499. The van der Waals surface area contributed by atoms with Crippen LogP contribution in [0.3, 0.4) is 0 Å². The number of hydrogen-bond acceptors (Lipinski definition) is 4. The molecule has 0 amide bonds. The maximum Gasteiger partial charge on any atom is 0.336 e. The number of carbonyl (C=O) groups is 1. The number of hydrogen-bond donors (Lipinski definition) is 3. The highest BCUT2D eigenvalue weighted by molar-refractivity contribution is 7.89. The van der Waals surface area contributed by atoms with Crippen LogP contribution in [0.25, 0.3) is 0 Å². The van der Waals surface area contributed by atoms with Crippen molar-refractivity contribution in [1.82, 2.24) is 4.83 Å². The van der Waals surface area contributed by atoms with Gasteiger partial charge in [-0.2, -0.15) is 4.83 Å². The number of benzene rings is 1. The Balaban J connectivity index is 3.60. The number of nitrogens with two attached hydrogens (primary N) is 1. The van der Waals surface area contributed by atoms with E-state index in [2.05, 4.69) is 0 Å². The normalized spacial score (nSPS) is 11.4.